The number of nitrogens with zero attached hydrogens (tertiary/aromatic N) is 2. The van der Waals surface area contributed by atoms with E-state index in [-0.39, 0.29) is 5.41 Å². The average Bonchev–Trinajstić information content (AvgIpc) is 2.61. The Hall–Kier alpha value is -1.66. The van der Waals surface area contributed by atoms with Gasteiger partial charge in [0.05, 0.1) is 5.69 Å². The Kier molecular flexibility index (Phi) is 4.54. The molecule has 1 aromatic rings. The minimum absolute atomic E-state index is 0.0855. The van der Waals surface area contributed by atoms with Crippen molar-refractivity contribution in [1.82, 2.24) is 9.78 Å². The maximum absolute atomic E-state index is 12.9. The summed E-state index contributed by atoms with van der Waals surface area (Å²) in [4.78, 5) is 12.1. The lowest BCUT2D eigenvalue weighted by Gasteiger charge is -2.34. The number of amides is 1. The maximum Gasteiger partial charge on any atom is 0.413 e. The molecule has 1 N–H and O–H groups in total. The fraction of sp³-hybridized carbons (Fsp3) is 0.778. The molecule has 5 nitrogen and oxygen atoms in total. The molecule has 0 atom stereocenters. The van der Waals surface area contributed by atoms with E-state index in [1.807, 2.05) is 0 Å². The third kappa shape index (κ3) is 4.12. The van der Waals surface area contributed by atoms with Crippen molar-refractivity contribution in [3.8, 4) is 0 Å². The lowest BCUT2D eigenvalue weighted by atomic mass is 9.77. The van der Waals surface area contributed by atoms with E-state index < -0.39 is 31.0 Å². The van der Waals surface area contributed by atoms with Crippen LogP contribution in [-0.2, 0) is 18.2 Å². The van der Waals surface area contributed by atoms with Gasteiger partial charge in [-0.15, -0.1) is 0 Å². The molecular weight excluding hydrogens is 328 g/mol. The molecule has 0 unspecified atom stereocenters. The molecule has 1 aromatic heterocycles. The maximum atomic E-state index is 12.9. The topological polar surface area (TPSA) is 56.2 Å². The van der Waals surface area contributed by atoms with Gasteiger partial charge in [-0.05, 0) is 30.6 Å². The van der Waals surface area contributed by atoms with E-state index >= 15 is 0 Å². The van der Waals surface area contributed by atoms with Gasteiger partial charge >= 0.3 is 6.09 Å². The summed E-state index contributed by atoms with van der Waals surface area (Å²) in [6.07, 6.45) is 2.00. The van der Waals surface area contributed by atoms with Gasteiger partial charge < -0.3 is 4.74 Å². The van der Waals surface area contributed by atoms with Crippen molar-refractivity contribution < 1.29 is 18.3 Å². The number of aryl methyl sites for hydroxylation is 1. The van der Waals surface area contributed by atoms with Gasteiger partial charge in [-0.3, -0.25) is 10.00 Å². The average molecular weight is 355 g/mol. The van der Waals surface area contributed by atoms with Crippen molar-refractivity contribution in [2.24, 2.45) is 12.5 Å². The van der Waals surface area contributed by atoms with Gasteiger partial charge in [0.25, 0.3) is 5.92 Å². The van der Waals surface area contributed by atoms with Crippen LogP contribution in [0.3, 0.4) is 0 Å². The van der Waals surface area contributed by atoms with Crippen molar-refractivity contribution in [2.45, 2.75) is 77.2 Å². The molecule has 0 aromatic carbocycles. The van der Waals surface area contributed by atoms with Gasteiger partial charge in [-0.2, -0.15) is 5.10 Å². The van der Waals surface area contributed by atoms with Crippen molar-refractivity contribution >= 4 is 11.9 Å². The molecule has 0 aliphatic heterocycles. The molecule has 2 aliphatic carbocycles. The predicted octanol–water partition coefficient (Wildman–Crippen LogP) is 4.62. The molecule has 3 rings (SSSR count). The minimum Gasteiger partial charge on any atom is -0.445 e. The molecule has 0 bridgehead atoms. The van der Waals surface area contributed by atoms with E-state index in [2.05, 4.69) is 31.2 Å². The van der Waals surface area contributed by atoms with Gasteiger partial charge in [-0.1, -0.05) is 27.2 Å². The van der Waals surface area contributed by atoms with Crippen LogP contribution < -0.4 is 5.32 Å². The van der Waals surface area contributed by atoms with Gasteiger partial charge in [0.2, 0.25) is 0 Å². The fourth-order valence-electron chi connectivity index (χ4n) is 3.47. The van der Waals surface area contributed by atoms with Crippen LogP contribution in [0.4, 0.5) is 19.4 Å². The van der Waals surface area contributed by atoms with E-state index in [4.69, 9.17) is 4.74 Å². The molecule has 7 heteroatoms. The number of alkyl halides is 2. The van der Waals surface area contributed by atoms with E-state index in [0.29, 0.717) is 11.7 Å². The number of hydrogen-bond acceptors (Lipinski definition) is 3. The molecule has 25 heavy (non-hydrogen) atoms. The Morgan fingerprint density at radius 2 is 2.00 bits per heavy atom. The Morgan fingerprint density at radius 3 is 2.48 bits per heavy atom. The Morgan fingerprint density at radius 1 is 1.36 bits per heavy atom. The summed E-state index contributed by atoms with van der Waals surface area (Å²) in [6, 6.07) is 0. The zero-order valence-electron chi connectivity index (χ0n) is 15.4. The summed E-state index contributed by atoms with van der Waals surface area (Å²) < 4.78 is 32.6. The Labute approximate surface area is 147 Å². The number of nitrogens with one attached hydrogen (secondary N) is 1. The predicted molar refractivity (Wildman–Crippen MR) is 91.0 cm³/mol. The van der Waals surface area contributed by atoms with Crippen LogP contribution in [0.2, 0.25) is 0 Å². The Balaban J connectivity index is 1.74. The lowest BCUT2D eigenvalue weighted by molar-refractivity contribution is -0.142. The molecule has 0 spiro atoms. The van der Waals surface area contributed by atoms with Crippen LogP contribution in [0.5, 0.6) is 0 Å². The molecule has 1 heterocycles. The zero-order valence-corrected chi connectivity index (χ0v) is 15.4. The standard InChI is InChI=1S/C18H27F2N3O2/c1-17(2,3)10-13-14(11-6-5-7-11)15(23(4)22-13)21-16(24)25-12-8-18(19,20)9-12/h11-12H,5-10H2,1-4H3,(H,21,24). The van der Waals surface area contributed by atoms with Gasteiger partial charge in [-0.25, -0.2) is 13.6 Å². The fourth-order valence-corrected chi connectivity index (χ4v) is 3.47. The van der Waals surface area contributed by atoms with Crippen LogP contribution in [0.1, 0.15) is 70.1 Å². The normalized spacial score (nSPS) is 20.7. The minimum atomic E-state index is -2.70. The molecule has 0 saturated heterocycles. The van der Waals surface area contributed by atoms with Crippen LogP contribution in [0.15, 0.2) is 0 Å². The Bertz CT molecular complexity index is 652. The summed E-state index contributed by atoms with van der Waals surface area (Å²) in [5.74, 6) is -1.66. The second-order valence-corrected chi connectivity index (χ2v) is 8.61. The second kappa shape index (κ2) is 6.25. The number of carbonyl (C=O) groups is 1. The summed E-state index contributed by atoms with van der Waals surface area (Å²) in [5.41, 5.74) is 2.17. The first kappa shape index (κ1) is 18.1. The van der Waals surface area contributed by atoms with Crippen LogP contribution in [0, 0.1) is 5.41 Å². The number of ether oxygens (including phenoxy) is 1. The molecule has 1 amide bonds. The van der Waals surface area contributed by atoms with Gasteiger partial charge in [0.1, 0.15) is 11.9 Å². The third-order valence-corrected chi connectivity index (χ3v) is 4.92. The van der Waals surface area contributed by atoms with E-state index in [1.54, 1.807) is 11.7 Å². The van der Waals surface area contributed by atoms with Crippen LogP contribution in [-0.4, -0.2) is 27.9 Å². The monoisotopic (exact) mass is 355 g/mol. The summed E-state index contributed by atoms with van der Waals surface area (Å²) >= 11 is 0. The smallest absolute Gasteiger partial charge is 0.413 e. The van der Waals surface area contributed by atoms with Crippen molar-refractivity contribution in [3.63, 3.8) is 0 Å². The van der Waals surface area contributed by atoms with Crippen molar-refractivity contribution in [3.05, 3.63) is 11.3 Å². The molecule has 2 aliphatic rings. The van der Waals surface area contributed by atoms with Gasteiger partial charge in [0, 0.05) is 25.5 Å². The largest absolute Gasteiger partial charge is 0.445 e. The van der Waals surface area contributed by atoms with E-state index in [9.17, 15) is 13.6 Å². The number of hydrogen-bond donors (Lipinski definition) is 1. The molecule has 140 valence electrons. The highest BCUT2D eigenvalue weighted by molar-refractivity contribution is 5.85. The van der Waals surface area contributed by atoms with Crippen molar-refractivity contribution in [2.75, 3.05) is 5.32 Å². The molecule has 2 saturated carbocycles. The summed E-state index contributed by atoms with van der Waals surface area (Å²) in [5, 5.41) is 7.37. The first-order valence-electron chi connectivity index (χ1n) is 8.95. The highest BCUT2D eigenvalue weighted by Gasteiger charge is 2.47. The number of halogens is 2. The van der Waals surface area contributed by atoms with E-state index in [0.717, 1.165) is 30.5 Å². The van der Waals surface area contributed by atoms with E-state index in [1.165, 1.54) is 6.42 Å². The number of rotatable bonds is 4. The number of aromatic nitrogens is 2. The summed E-state index contributed by atoms with van der Waals surface area (Å²) in [6.45, 7) is 6.47. The van der Waals surface area contributed by atoms with Gasteiger partial charge in [0.15, 0.2) is 0 Å². The number of carbonyl (C=O) groups excluding carboxylic acids is 1. The zero-order chi connectivity index (χ0) is 18.4. The van der Waals surface area contributed by atoms with Crippen LogP contribution >= 0.6 is 0 Å². The highest BCUT2D eigenvalue weighted by Crippen LogP contribution is 2.43. The summed E-state index contributed by atoms with van der Waals surface area (Å²) in [7, 11) is 1.79. The molecule has 0 radical (unpaired) electrons. The quantitative estimate of drug-likeness (QED) is 0.857. The highest BCUT2D eigenvalue weighted by atomic mass is 19.3. The molecular formula is C18H27F2N3O2. The van der Waals surface area contributed by atoms with Crippen molar-refractivity contribution in [1.29, 1.82) is 0 Å². The molecule has 2 fully saturated rings. The first-order chi connectivity index (χ1) is 11.5. The lowest BCUT2D eigenvalue weighted by Crippen LogP contribution is -2.43. The van der Waals surface area contributed by atoms with Crippen LogP contribution in [0.25, 0.3) is 0 Å². The number of anilines is 1. The second-order valence-electron chi connectivity index (χ2n) is 8.61. The first-order valence-corrected chi connectivity index (χ1v) is 8.95. The third-order valence-electron chi connectivity index (χ3n) is 4.92. The SMILES string of the molecule is Cn1nc(CC(C)(C)C)c(C2CCC2)c1NC(=O)OC1CC(F)(F)C1.